The maximum atomic E-state index is 12.4. The number of benzene rings is 2. The second kappa shape index (κ2) is 7.93. The molecular weight excluding hydrogens is 390 g/mol. The molecule has 1 amide bonds. The third-order valence-electron chi connectivity index (χ3n) is 4.74. The molecule has 0 fully saturated rings. The first-order valence-corrected chi connectivity index (χ1v) is 11.2. The molecule has 0 radical (unpaired) electrons. The van der Waals surface area contributed by atoms with Crippen molar-refractivity contribution in [2.75, 3.05) is 24.4 Å². The van der Waals surface area contributed by atoms with E-state index in [1.54, 1.807) is 30.6 Å². The monoisotopic (exact) mass is 411 g/mol. The Morgan fingerprint density at radius 3 is 2.54 bits per heavy atom. The Hall–Kier alpha value is -2.38. The number of aryl methyl sites for hydroxylation is 1. The van der Waals surface area contributed by atoms with Crippen molar-refractivity contribution in [2.24, 2.45) is 0 Å². The lowest BCUT2D eigenvalue weighted by atomic mass is 10.0. The van der Waals surface area contributed by atoms with Crippen LogP contribution in [0.4, 0.5) is 5.82 Å². The highest BCUT2D eigenvalue weighted by atomic mass is 32.2. The summed E-state index contributed by atoms with van der Waals surface area (Å²) in [5.74, 6) is 1.93. The number of methoxy groups -OCH3 is 1. The molecule has 0 aliphatic carbocycles. The summed E-state index contributed by atoms with van der Waals surface area (Å²) in [4.78, 5) is 13.6. The van der Waals surface area contributed by atoms with Gasteiger partial charge in [-0.25, -0.2) is 4.68 Å². The molecular formula is C21H21N3O2S2. The van der Waals surface area contributed by atoms with Gasteiger partial charge in [0.05, 0.1) is 29.5 Å². The van der Waals surface area contributed by atoms with Crippen LogP contribution in [0.3, 0.4) is 0 Å². The molecule has 1 aromatic heterocycles. The van der Waals surface area contributed by atoms with Crippen LogP contribution in [0.25, 0.3) is 5.69 Å². The molecule has 0 saturated carbocycles. The number of amides is 1. The standard InChI is InChI=1S/C21H21N3O2S2/c1-13-19-20(14-4-10-17(27-3)11-5-14)28-12-18(25)22-21(19)24(23-13)15-6-8-16(26-2)9-7-15/h4-11,20H,12H2,1-3H3,(H,22,25)/t20-/m0/s1. The number of hydrogen-bond donors (Lipinski definition) is 1. The number of ether oxygens (including phenoxy) is 1. The largest absolute Gasteiger partial charge is 0.497 e. The van der Waals surface area contributed by atoms with Gasteiger partial charge in [0.2, 0.25) is 5.91 Å². The van der Waals surface area contributed by atoms with E-state index in [2.05, 4.69) is 35.8 Å². The van der Waals surface area contributed by atoms with Crippen molar-refractivity contribution >= 4 is 35.2 Å². The Morgan fingerprint density at radius 2 is 1.89 bits per heavy atom. The lowest BCUT2D eigenvalue weighted by Gasteiger charge is -2.16. The number of carbonyl (C=O) groups excluding carboxylic acids is 1. The first-order valence-electron chi connectivity index (χ1n) is 8.90. The van der Waals surface area contributed by atoms with E-state index < -0.39 is 0 Å². The number of carbonyl (C=O) groups is 1. The van der Waals surface area contributed by atoms with Gasteiger partial charge in [0, 0.05) is 10.5 Å². The first kappa shape index (κ1) is 19.0. The molecule has 1 aliphatic rings. The van der Waals surface area contributed by atoms with Gasteiger partial charge in [0.15, 0.2) is 0 Å². The highest BCUT2D eigenvalue weighted by molar-refractivity contribution is 8.00. The SMILES string of the molecule is COc1ccc(-n2nc(C)c3c2NC(=O)CS[C@H]3c2ccc(SC)cc2)cc1. The molecule has 4 rings (SSSR count). The van der Waals surface area contributed by atoms with Crippen molar-refractivity contribution in [3.05, 3.63) is 65.4 Å². The van der Waals surface area contributed by atoms with E-state index in [1.807, 2.05) is 35.9 Å². The minimum absolute atomic E-state index is 0.0101. The van der Waals surface area contributed by atoms with Gasteiger partial charge in [0.1, 0.15) is 11.6 Å². The van der Waals surface area contributed by atoms with Gasteiger partial charge in [-0.3, -0.25) is 4.79 Å². The average molecular weight is 412 g/mol. The molecule has 0 bridgehead atoms. The average Bonchev–Trinajstić information content (AvgIpc) is 2.93. The minimum atomic E-state index is -0.0101. The van der Waals surface area contributed by atoms with E-state index in [4.69, 9.17) is 9.84 Å². The summed E-state index contributed by atoms with van der Waals surface area (Å²) >= 11 is 3.36. The van der Waals surface area contributed by atoms with Gasteiger partial charge in [-0.1, -0.05) is 12.1 Å². The van der Waals surface area contributed by atoms with Crippen molar-refractivity contribution in [1.82, 2.24) is 9.78 Å². The molecule has 1 N–H and O–H groups in total. The summed E-state index contributed by atoms with van der Waals surface area (Å²) in [5.41, 5.74) is 4.04. The molecule has 2 aromatic carbocycles. The molecule has 2 heterocycles. The number of thioether (sulfide) groups is 2. The smallest absolute Gasteiger partial charge is 0.235 e. The van der Waals surface area contributed by atoms with Crippen LogP contribution in [-0.4, -0.2) is 34.8 Å². The predicted octanol–water partition coefficient (Wildman–Crippen LogP) is 4.69. The summed E-state index contributed by atoms with van der Waals surface area (Å²) in [6.45, 7) is 2.00. The Bertz CT molecular complexity index is 998. The van der Waals surface area contributed by atoms with Crippen LogP contribution in [0.5, 0.6) is 5.75 Å². The van der Waals surface area contributed by atoms with Crippen molar-refractivity contribution in [1.29, 1.82) is 0 Å². The van der Waals surface area contributed by atoms with Gasteiger partial charge in [-0.2, -0.15) is 5.10 Å². The van der Waals surface area contributed by atoms with Crippen molar-refractivity contribution in [2.45, 2.75) is 17.1 Å². The second-order valence-electron chi connectivity index (χ2n) is 6.47. The fourth-order valence-electron chi connectivity index (χ4n) is 3.34. The topological polar surface area (TPSA) is 56.1 Å². The molecule has 3 aromatic rings. The van der Waals surface area contributed by atoms with Crippen LogP contribution in [0, 0.1) is 6.92 Å². The summed E-state index contributed by atoms with van der Waals surface area (Å²) in [5, 5.41) is 7.87. The molecule has 1 aliphatic heterocycles. The molecule has 5 nitrogen and oxygen atoms in total. The molecule has 1 atom stereocenters. The van der Waals surface area contributed by atoms with Gasteiger partial charge < -0.3 is 10.1 Å². The van der Waals surface area contributed by atoms with Gasteiger partial charge in [0.25, 0.3) is 0 Å². The van der Waals surface area contributed by atoms with Gasteiger partial charge >= 0.3 is 0 Å². The minimum Gasteiger partial charge on any atom is -0.497 e. The third-order valence-corrected chi connectivity index (χ3v) is 6.76. The summed E-state index contributed by atoms with van der Waals surface area (Å²) < 4.78 is 7.07. The molecule has 144 valence electrons. The van der Waals surface area contributed by atoms with Gasteiger partial charge in [-0.15, -0.1) is 23.5 Å². The van der Waals surface area contributed by atoms with Crippen molar-refractivity contribution < 1.29 is 9.53 Å². The van der Waals surface area contributed by atoms with Crippen LogP contribution in [-0.2, 0) is 4.79 Å². The number of nitrogens with one attached hydrogen (secondary N) is 1. The maximum absolute atomic E-state index is 12.4. The highest BCUT2D eigenvalue weighted by Crippen LogP contribution is 2.44. The van der Waals surface area contributed by atoms with E-state index in [0.717, 1.165) is 28.5 Å². The van der Waals surface area contributed by atoms with Gasteiger partial charge in [-0.05, 0) is 55.1 Å². The maximum Gasteiger partial charge on any atom is 0.235 e. The molecule has 0 unspecified atom stereocenters. The summed E-state index contributed by atoms with van der Waals surface area (Å²) in [6.07, 6.45) is 2.07. The van der Waals surface area contributed by atoms with Crippen molar-refractivity contribution in [3.8, 4) is 11.4 Å². The Balaban J connectivity index is 1.82. The normalized spacial score (nSPS) is 16.2. The van der Waals surface area contributed by atoms with E-state index in [1.165, 1.54) is 10.5 Å². The zero-order valence-corrected chi connectivity index (χ0v) is 17.6. The quantitative estimate of drug-likeness (QED) is 0.632. The number of nitrogens with zero attached hydrogens (tertiary/aromatic N) is 2. The Labute approximate surface area is 172 Å². The lowest BCUT2D eigenvalue weighted by Crippen LogP contribution is -2.15. The fourth-order valence-corrected chi connectivity index (χ4v) is 4.93. The fraction of sp³-hybridized carbons (Fsp3) is 0.238. The first-order chi connectivity index (χ1) is 13.6. The van der Waals surface area contributed by atoms with Crippen LogP contribution in [0.1, 0.15) is 22.1 Å². The van der Waals surface area contributed by atoms with Crippen LogP contribution in [0.15, 0.2) is 53.4 Å². The predicted molar refractivity (Wildman–Crippen MR) is 116 cm³/mol. The zero-order valence-electron chi connectivity index (χ0n) is 15.9. The summed E-state index contributed by atoms with van der Waals surface area (Å²) in [7, 11) is 1.64. The highest BCUT2D eigenvalue weighted by Gasteiger charge is 2.30. The lowest BCUT2D eigenvalue weighted by molar-refractivity contribution is -0.113. The van der Waals surface area contributed by atoms with Crippen molar-refractivity contribution in [3.63, 3.8) is 0 Å². The van der Waals surface area contributed by atoms with E-state index in [9.17, 15) is 4.79 Å². The van der Waals surface area contributed by atoms with E-state index >= 15 is 0 Å². The van der Waals surface area contributed by atoms with Crippen LogP contribution in [0.2, 0.25) is 0 Å². The van der Waals surface area contributed by atoms with E-state index in [0.29, 0.717) is 5.75 Å². The Kier molecular flexibility index (Phi) is 5.37. The molecule has 7 heteroatoms. The molecule has 0 spiro atoms. The zero-order chi connectivity index (χ0) is 19.7. The number of aromatic nitrogens is 2. The number of rotatable bonds is 4. The van der Waals surface area contributed by atoms with Crippen LogP contribution >= 0.6 is 23.5 Å². The number of anilines is 1. The van der Waals surface area contributed by atoms with Crippen LogP contribution < -0.4 is 10.1 Å². The Morgan fingerprint density at radius 1 is 1.18 bits per heavy atom. The molecule has 28 heavy (non-hydrogen) atoms. The third kappa shape index (κ3) is 3.52. The number of hydrogen-bond acceptors (Lipinski definition) is 5. The van der Waals surface area contributed by atoms with E-state index in [-0.39, 0.29) is 11.2 Å². The number of fused-ring (bicyclic) bond motifs is 1. The molecule has 0 saturated heterocycles. The summed E-state index contributed by atoms with van der Waals surface area (Å²) in [6, 6.07) is 16.2. The second-order valence-corrected chi connectivity index (χ2v) is 8.44.